The van der Waals surface area contributed by atoms with E-state index >= 15 is 0 Å². The van der Waals surface area contributed by atoms with Crippen LogP contribution < -0.4 is 25.9 Å². The van der Waals surface area contributed by atoms with E-state index in [0.717, 1.165) is 6.26 Å². The molecule has 1 aromatic rings. The summed E-state index contributed by atoms with van der Waals surface area (Å²) in [4.78, 5) is 12.3. The number of alkyl halides is 1. The van der Waals surface area contributed by atoms with E-state index in [9.17, 15) is 18.5 Å². The number of halogens is 1. The average Bonchev–Trinajstić information content (AvgIpc) is 2.18. The van der Waals surface area contributed by atoms with Crippen molar-refractivity contribution in [3.8, 4) is 0 Å². The van der Waals surface area contributed by atoms with Gasteiger partial charge in [0, 0.05) is 0 Å². The molecule has 0 spiro atoms. The summed E-state index contributed by atoms with van der Waals surface area (Å²) in [5, 5.41) is 10.9. The molecule has 0 atom stereocenters. The Balaban J connectivity index is 3.34. The Morgan fingerprint density at radius 2 is 2.00 bits per heavy atom. The third kappa shape index (κ3) is 3.80. The molecule has 6 nitrogen and oxygen atoms in total. The second-order valence-corrected chi connectivity index (χ2v) is 7.43. The van der Waals surface area contributed by atoms with E-state index in [1.165, 1.54) is 6.07 Å². The number of sulfonamides is 1. The van der Waals surface area contributed by atoms with Gasteiger partial charge in [0.15, 0.2) is 0 Å². The SMILES string of the molecule is C[I-]c1cc(C)c(NS(C)(=O)=O)cc1[N+](=O)[O-]. The van der Waals surface area contributed by atoms with Crippen molar-refractivity contribution < 1.29 is 34.5 Å². The molecule has 0 aliphatic heterocycles. The molecule has 0 aliphatic carbocycles. The fourth-order valence-electron chi connectivity index (χ4n) is 1.26. The molecule has 0 saturated carbocycles. The maximum absolute atomic E-state index is 11.1. The van der Waals surface area contributed by atoms with Gasteiger partial charge in [-0.25, -0.2) is 0 Å². The molecule has 0 aromatic heterocycles. The first-order valence-corrected chi connectivity index (χ1v) is 9.63. The predicted octanol–water partition coefficient (Wildman–Crippen LogP) is -1.84. The molecule has 0 amide bonds. The summed E-state index contributed by atoms with van der Waals surface area (Å²) in [6.07, 6.45) is 1.01. The second kappa shape index (κ2) is 5.17. The summed E-state index contributed by atoms with van der Waals surface area (Å²) in [5.74, 6) is 0. The van der Waals surface area contributed by atoms with Crippen molar-refractivity contribution in [2.75, 3.05) is 15.9 Å². The molecular weight excluding hydrogens is 359 g/mol. The Bertz CT molecular complexity index is 556. The van der Waals surface area contributed by atoms with Crippen LogP contribution in [0.4, 0.5) is 11.4 Å². The fourth-order valence-corrected chi connectivity index (χ4v) is 3.57. The summed E-state index contributed by atoms with van der Waals surface area (Å²) >= 11 is -0.428. The fraction of sp³-hybridized carbons (Fsp3) is 0.333. The summed E-state index contributed by atoms with van der Waals surface area (Å²) in [6, 6.07) is 2.97. The van der Waals surface area contributed by atoms with Gasteiger partial charge in [0.2, 0.25) is 0 Å². The molecule has 0 unspecified atom stereocenters. The molecule has 0 aliphatic rings. The number of hydrogen-bond donors (Lipinski definition) is 1. The van der Waals surface area contributed by atoms with E-state index in [0.29, 0.717) is 9.13 Å². The molecule has 8 heteroatoms. The molecule has 0 radical (unpaired) electrons. The molecule has 96 valence electrons. The van der Waals surface area contributed by atoms with Crippen molar-refractivity contribution in [2.45, 2.75) is 6.92 Å². The van der Waals surface area contributed by atoms with E-state index in [4.69, 9.17) is 0 Å². The number of hydrogen-bond acceptors (Lipinski definition) is 4. The van der Waals surface area contributed by atoms with E-state index < -0.39 is 36.2 Å². The molecule has 0 saturated heterocycles. The monoisotopic (exact) mass is 371 g/mol. The standard InChI is InChI=1S/C9H12IN2O4S/c1-6-4-7(10-2)9(12(13)14)5-8(6)11-17(3,15)16/h4-5,11H,1-3H3/q-1. The number of anilines is 1. The van der Waals surface area contributed by atoms with Gasteiger partial charge in [-0.05, 0) is 0 Å². The first kappa shape index (κ1) is 14.2. The molecule has 0 fully saturated rings. The molecule has 17 heavy (non-hydrogen) atoms. The molecule has 0 bridgehead atoms. The minimum atomic E-state index is -3.43. The van der Waals surface area contributed by atoms with E-state index in [2.05, 4.69) is 4.72 Å². The Labute approximate surface area is 110 Å². The molecule has 0 heterocycles. The predicted molar refractivity (Wildman–Crippen MR) is 60.9 cm³/mol. The van der Waals surface area contributed by atoms with Crippen LogP contribution >= 0.6 is 0 Å². The summed E-state index contributed by atoms with van der Waals surface area (Å²) in [7, 11) is -3.43. The van der Waals surface area contributed by atoms with Gasteiger partial charge in [-0.2, -0.15) is 0 Å². The number of nitro benzene ring substituents is 1. The zero-order valence-corrected chi connectivity index (χ0v) is 12.5. The first-order valence-electron chi connectivity index (χ1n) is 4.51. The van der Waals surface area contributed by atoms with Crippen molar-refractivity contribution >= 4 is 21.4 Å². The molecule has 1 rings (SSSR count). The van der Waals surface area contributed by atoms with Gasteiger partial charge < -0.3 is 0 Å². The van der Waals surface area contributed by atoms with Crippen molar-refractivity contribution in [1.82, 2.24) is 0 Å². The second-order valence-electron chi connectivity index (χ2n) is 3.44. The quantitative estimate of drug-likeness (QED) is 0.292. The van der Waals surface area contributed by atoms with Crippen molar-refractivity contribution in [3.63, 3.8) is 0 Å². The zero-order valence-electron chi connectivity index (χ0n) is 9.52. The van der Waals surface area contributed by atoms with Gasteiger partial charge in [-0.15, -0.1) is 0 Å². The zero-order chi connectivity index (χ0) is 13.2. The van der Waals surface area contributed by atoms with Gasteiger partial charge in [-0.1, -0.05) is 0 Å². The number of nitro groups is 1. The van der Waals surface area contributed by atoms with Crippen LogP contribution in [-0.2, 0) is 10.0 Å². The third-order valence-electron chi connectivity index (χ3n) is 1.99. The van der Waals surface area contributed by atoms with Crippen LogP contribution in [0.25, 0.3) is 0 Å². The van der Waals surface area contributed by atoms with Gasteiger partial charge in [0.1, 0.15) is 0 Å². The Hall–Kier alpha value is -0.900. The van der Waals surface area contributed by atoms with E-state index in [-0.39, 0.29) is 11.4 Å². The maximum atomic E-state index is 11.1. The van der Waals surface area contributed by atoms with Crippen LogP contribution in [0.1, 0.15) is 5.56 Å². The third-order valence-corrected chi connectivity index (χ3v) is 4.61. The first-order chi connectivity index (χ1) is 7.74. The normalized spacial score (nSPS) is 11.5. The van der Waals surface area contributed by atoms with Crippen molar-refractivity contribution in [2.24, 2.45) is 0 Å². The van der Waals surface area contributed by atoms with Crippen LogP contribution in [0.3, 0.4) is 0 Å². The van der Waals surface area contributed by atoms with Crippen molar-refractivity contribution in [3.05, 3.63) is 31.4 Å². The van der Waals surface area contributed by atoms with Crippen LogP contribution in [-0.4, -0.2) is 24.5 Å². The van der Waals surface area contributed by atoms with Crippen LogP contribution in [0.5, 0.6) is 0 Å². The number of nitrogens with zero attached hydrogens (tertiary/aromatic N) is 1. The number of rotatable bonds is 4. The molecule has 1 aromatic carbocycles. The van der Waals surface area contributed by atoms with Gasteiger partial charge in [0.05, 0.1) is 0 Å². The van der Waals surface area contributed by atoms with Crippen LogP contribution in [0.2, 0.25) is 0 Å². The minimum absolute atomic E-state index is 0.0166. The van der Waals surface area contributed by atoms with Gasteiger partial charge >= 0.3 is 110 Å². The Morgan fingerprint density at radius 1 is 1.41 bits per heavy atom. The van der Waals surface area contributed by atoms with Gasteiger partial charge in [-0.3, -0.25) is 0 Å². The topological polar surface area (TPSA) is 89.3 Å². The van der Waals surface area contributed by atoms with E-state index in [1.54, 1.807) is 13.0 Å². The number of nitrogens with one attached hydrogen (secondary N) is 1. The number of benzene rings is 1. The summed E-state index contributed by atoms with van der Waals surface area (Å²) < 4.78 is 25.2. The average molecular weight is 371 g/mol. The van der Waals surface area contributed by atoms with E-state index in [1.807, 2.05) is 4.93 Å². The summed E-state index contributed by atoms with van der Waals surface area (Å²) in [6.45, 7) is 1.72. The van der Waals surface area contributed by atoms with Gasteiger partial charge in [0.25, 0.3) is 0 Å². The Morgan fingerprint density at radius 3 is 2.41 bits per heavy atom. The number of aryl methyl sites for hydroxylation is 1. The summed E-state index contributed by atoms with van der Waals surface area (Å²) in [5.41, 5.74) is 0.940. The van der Waals surface area contributed by atoms with Crippen molar-refractivity contribution in [1.29, 1.82) is 0 Å². The van der Waals surface area contributed by atoms with Crippen LogP contribution in [0.15, 0.2) is 12.1 Å². The Kier molecular flexibility index (Phi) is 4.31. The van der Waals surface area contributed by atoms with Crippen LogP contribution in [0, 0.1) is 20.6 Å². The molecule has 1 N–H and O–H groups in total. The molecular formula is C9H12IN2O4S-.